The Labute approximate surface area is 165 Å². The van der Waals surface area contributed by atoms with Crippen molar-refractivity contribution >= 4 is 67.2 Å². The fraction of sp³-hybridized carbons (Fsp3) is 0. The third-order valence-electron chi connectivity index (χ3n) is 3.24. The Bertz CT molecular complexity index is 921. The Balaban J connectivity index is 1.98. The van der Waals surface area contributed by atoms with Gasteiger partial charge in [-0.3, -0.25) is 10.1 Å². The fourth-order valence-electron chi connectivity index (χ4n) is 2.09. The molecule has 0 atom stereocenters. The van der Waals surface area contributed by atoms with Crippen molar-refractivity contribution in [2.45, 2.75) is 0 Å². The van der Waals surface area contributed by atoms with Gasteiger partial charge in [-0.15, -0.1) is 0 Å². The molecule has 0 saturated carbocycles. The molecule has 0 amide bonds. The summed E-state index contributed by atoms with van der Waals surface area (Å²) in [6.07, 6.45) is 1.28. The van der Waals surface area contributed by atoms with Crippen molar-refractivity contribution in [1.82, 2.24) is 9.97 Å². The standard InChI is InChI=1S/C16H11BrIN5O2/c17-12-3-1-2-4-13(12)22-16-14(23(24)25)15(19-9-20-16)21-11-7-5-10(18)6-8-11/h1-9H,(H2,19,20,21,22). The molecule has 0 aliphatic heterocycles. The van der Waals surface area contributed by atoms with E-state index in [1.807, 2.05) is 42.5 Å². The zero-order valence-corrected chi connectivity index (χ0v) is 16.4. The minimum Gasteiger partial charge on any atom is -0.334 e. The third kappa shape index (κ3) is 4.23. The highest BCUT2D eigenvalue weighted by atomic mass is 127. The van der Waals surface area contributed by atoms with Crippen molar-refractivity contribution in [3.05, 3.63) is 73.0 Å². The normalized spacial score (nSPS) is 10.3. The SMILES string of the molecule is O=[N+]([O-])c1c(Nc2ccc(I)cc2)ncnc1Nc1ccccc1Br. The molecule has 0 bridgehead atoms. The molecule has 0 spiro atoms. The summed E-state index contributed by atoms with van der Waals surface area (Å²) in [6, 6.07) is 14.8. The molecule has 0 radical (unpaired) electrons. The molecular formula is C16H11BrIN5O2. The largest absolute Gasteiger partial charge is 0.353 e. The topological polar surface area (TPSA) is 93.0 Å². The predicted octanol–water partition coefficient (Wildman–Crippen LogP) is 5.24. The number of hydrogen-bond acceptors (Lipinski definition) is 6. The summed E-state index contributed by atoms with van der Waals surface area (Å²) in [5.74, 6) is 0.232. The summed E-state index contributed by atoms with van der Waals surface area (Å²) in [7, 11) is 0. The van der Waals surface area contributed by atoms with Gasteiger partial charge in [0.05, 0.1) is 10.6 Å². The van der Waals surface area contributed by atoms with Crippen molar-refractivity contribution in [1.29, 1.82) is 0 Å². The molecule has 0 saturated heterocycles. The van der Waals surface area contributed by atoms with Gasteiger partial charge in [-0.25, -0.2) is 9.97 Å². The second kappa shape index (κ2) is 7.74. The monoisotopic (exact) mass is 511 g/mol. The summed E-state index contributed by atoms with van der Waals surface area (Å²) in [4.78, 5) is 19.1. The smallest absolute Gasteiger partial charge is 0.334 e. The number of nitrogens with zero attached hydrogens (tertiary/aromatic N) is 3. The lowest BCUT2D eigenvalue weighted by Gasteiger charge is -2.11. The molecule has 0 fully saturated rings. The molecule has 0 aliphatic carbocycles. The van der Waals surface area contributed by atoms with Crippen molar-refractivity contribution in [2.24, 2.45) is 0 Å². The summed E-state index contributed by atoms with van der Waals surface area (Å²) >= 11 is 5.59. The first-order chi connectivity index (χ1) is 12.0. The van der Waals surface area contributed by atoms with E-state index in [-0.39, 0.29) is 17.3 Å². The molecule has 9 heteroatoms. The van der Waals surface area contributed by atoms with Gasteiger partial charge in [-0.1, -0.05) is 12.1 Å². The molecule has 0 unspecified atom stereocenters. The lowest BCUT2D eigenvalue weighted by atomic mass is 10.3. The van der Waals surface area contributed by atoms with Crippen molar-refractivity contribution < 1.29 is 4.92 Å². The van der Waals surface area contributed by atoms with Crippen molar-refractivity contribution in [3.63, 3.8) is 0 Å². The zero-order valence-electron chi connectivity index (χ0n) is 12.6. The van der Waals surface area contributed by atoms with E-state index in [2.05, 4.69) is 59.1 Å². The molecule has 25 heavy (non-hydrogen) atoms. The van der Waals surface area contributed by atoms with Crippen LogP contribution in [-0.4, -0.2) is 14.9 Å². The van der Waals surface area contributed by atoms with E-state index in [9.17, 15) is 10.1 Å². The Morgan fingerprint density at radius 3 is 2.28 bits per heavy atom. The summed E-state index contributed by atoms with van der Waals surface area (Å²) in [6.45, 7) is 0. The van der Waals surface area contributed by atoms with E-state index in [0.29, 0.717) is 11.4 Å². The van der Waals surface area contributed by atoms with E-state index in [1.54, 1.807) is 6.07 Å². The fourth-order valence-corrected chi connectivity index (χ4v) is 2.84. The summed E-state index contributed by atoms with van der Waals surface area (Å²) in [5, 5.41) is 17.5. The second-order valence-electron chi connectivity index (χ2n) is 4.91. The first-order valence-corrected chi connectivity index (χ1v) is 8.95. The lowest BCUT2D eigenvalue weighted by Crippen LogP contribution is -2.05. The number of benzene rings is 2. The molecule has 3 aromatic rings. The number of nitro groups is 1. The van der Waals surface area contributed by atoms with E-state index in [4.69, 9.17) is 0 Å². The van der Waals surface area contributed by atoms with Crippen LogP contribution in [0.1, 0.15) is 0 Å². The van der Waals surface area contributed by atoms with Crippen LogP contribution in [0.2, 0.25) is 0 Å². The number of rotatable bonds is 5. The van der Waals surface area contributed by atoms with Crippen LogP contribution in [0.4, 0.5) is 28.7 Å². The van der Waals surface area contributed by atoms with Gasteiger partial charge in [0.15, 0.2) is 0 Å². The number of anilines is 4. The van der Waals surface area contributed by atoms with Crippen LogP contribution in [0, 0.1) is 13.7 Å². The van der Waals surface area contributed by atoms with Crippen molar-refractivity contribution in [3.8, 4) is 0 Å². The van der Waals surface area contributed by atoms with E-state index < -0.39 is 4.92 Å². The number of hydrogen-bond donors (Lipinski definition) is 2. The zero-order chi connectivity index (χ0) is 17.8. The highest BCUT2D eigenvalue weighted by Gasteiger charge is 2.23. The molecule has 1 aromatic heterocycles. The van der Waals surface area contributed by atoms with Crippen LogP contribution < -0.4 is 10.6 Å². The second-order valence-corrected chi connectivity index (χ2v) is 7.01. The summed E-state index contributed by atoms with van der Waals surface area (Å²) in [5.41, 5.74) is 1.15. The Hall–Kier alpha value is -2.27. The third-order valence-corrected chi connectivity index (χ3v) is 4.65. The van der Waals surface area contributed by atoms with E-state index in [1.165, 1.54) is 6.33 Å². The maximum Gasteiger partial charge on any atom is 0.353 e. The van der Waals surface area contributed by atoms with Gasteiger partial charge in [-0.05, 0) is 74.9 Å². The minimum atomic E-state index is -0.506. The van der Waals surface area contributed by atoms with Gasteiger partial charge >= 0.3 is 5.69 Å². The van der Waals surface area contributed by atoms with Crippen LogP contribution in [0.25, 0.3) is 0 Å². The number of halogens is 2. The quantitative estimate of drug-likeness (QED) is 0.276. The van der Waals surface area contributed by atoms with E-state index >= 15 is 0 Å². The van der Waals surface area contributed by atoms with Gasteiger partial charge in [0.2, 0.25) is 11.6 Å². The molecule has 2 N–H and O–H groups in total. The van der Waals surface area contributed by atoms with Crippen molar-refractivity contribution in [2.75, 3.05) is 10.6 Å². The Morgan fingerprint density at radius 1 is 1.00 bits per heavy atom. The predicted molar refractivity (Wildman–Crippen MR) is 109 cm³/mol. The first kappa shape index (κ1) is 17.5. The lowest BCUT2D eigenvalue weighted by molar-refractivity contribution is -0.383. The van der Waals surface area contributed by atoms with Gasteiger partial charge in [0.25, 0.3) is 0 Å². The number of aromatic nitrogens is 2. The van der Waals surface area contributed by atoms with Crippen LogP contribution in [0.3, 0.4) is 0 Å². The molecule has 1 heterocycles. The Morgan fingerprint density at radius 2 is 1.64 bits per heavy atom. The molecule has 3 rings (SSSR count). The Kier molecular flexibility index (Phi) is 5.43. The minimum absolute atomic E-state index is 0.111. The van der Waals surface area contributed by atoms with E-state index in [0.717, 1.165) is 8.04 Å². The molecule has 126 valence electrons. The molecule has 7 nitrogen and oxygen atoms in total. The van der Waals surface area contributed by atoms with Crippen LogP contribution in [-0.2, 0) is 0 Å². The van der Waals surface area contributed by atoms with Gasteiger partial charge in [0, 0.05) is 13.7 Å². The first-order valence-electron chi connectivity index (χ1n) is 7.08. The van der Waals surface area contributed by atoms with Crippen LogP contribution >= 0.6 is 38.5 Å². The highest BCUT2D eigenvalue weighted by molar-refractivity contribution is 14.1. The number of nitrogens with one attached hydrogen (secondary N) is 2. The molecule has 2 aromatic carbocycles. The molecule has 0 aliphatic rings. The van der Waals surface area contributed by atoms with Gasteiger partial charge in [0.1, 0.15) is 6.33 Å². The van der Waals surface area contributed by atoms with Crippen LogP contribution in [0.5, 0.6) is 0 Å². The van der Waals surface area contributed by atoms with Gasteiger partial charge in [-0.2, -0.15) is 0 Å². The van der Waals surface area contributed by atoms with Crippen LogP contribution in [0.15, 0.2) is 59.3 Å². The summed E-state index contributed by atoms with van der Waals surface area (Å²) < 4.78 is 1.84. The average Bonchev–Trinajstić information content (AvgIpc) is 2.59. The maximum atomic E-state index is 11.6. The maximum absolute atomic E-state index is 11.6. The van der Waals surface area contributed by atoms with Gasteiger partial charge < -0.3 is 10.6 Å². The molecular weight excluding hydrogens is 501 g/mol. The average molecular weight is 512 g/mol. The number of para-hydroxylation sites is 1. The highest BCUT2D eigenvalue weighted by Crippen LogP contribution is 2.34.